The Hall–Kier alpha value is -2.87. The summed E-state index contributed by atoms with van der Waals surface area (Å²) in [4.78, 5) is 16.0. The molecule has 0 aliphatic carbocycles. The Morgan fingerprint density at radius 1 is 0.968 bits per heavy atom. The van der Waals surface area contributed by atoms with Gasteiger partial charge in [0.2, 0.25) is 0 Å². The largest absolute Gasteiger partial charge is 0.484 e. The molecule has 0 bridgehead atoms. The van der Waals surface area contributed by atoms with Gasteiger partial charge in [-0.3, -0.25) is 9.69 Å². The highest BCUT2D eigenvalue weighted by Gasteiger charge is 2.24. The van der Waals surface area contributed by atoms with Crippen LogP contribution in [0.5, 0.6) is 17.2 Å². The molecule has 0 saturated carbocycles. The number of nitrogens with one attached hydrogen (secondary N) is 1. The standard InChI is InChI=1S/C24H26N2O4S/c27-24(25-17-22(23-7-4-16-31-23)26-12-14-28-15-13-26)18-29-19-8-10-21(11-9-19)30-20-5-2-1-3-6-20/h1-11,16,22H,12-15,17-18H2,(H,25,27). The molecule has 1 atom stereocenters. The monoisotopic (exact) mass is 438 g/mol. The molecular formula is C24H26N2O4S. The van der Waals surface area contributed by atoms with E-state index in [9.17, 15) is 4.79 Å². The van der Waals surface area contributed by atoms with E-state index in [4.69, 9.17) is 14.2 Å². The molecule has 3 aromatic rings. The van der Waals surface area contributed by atoms with Gasteiger partial charge in [0.15, 0.2) is 6.61 Å². The second-order valence-corrected chi connectivity index (χ2v) is 8.14. The average Bonchev–Trinajstić information content (AvgIpc) is 3.35. The van der Waals surface area contributed by atoms with Gasteiger partial charge in [0.05, 0.1) is 19.3 Å². The Balaban J connectivity index is 1.25. The summed E-state index contributed by atoms with van der Waals surface area (Å²) in [5, 5.41) is 5.09. The molecule has 1 fully saturated rings. The number of morpholine rings is 1. The molecule has 1 aliphatic heterocycles. The van der Waals surface area contributed by atoms with Crippen LogP contribution in [0.1, 0.15) is 10.9 Å². The number of nitrogens with zero attached hydrogens (tertiary/aromatic N) is 1. The number of carbonyl (C=O) groups is 1. The molecule has 0 spiro atoms. The van der Waals surface area contributed by atoms with Crippen molar-refractivity contribution < 1.29 is 19.0 Å². The fraction of sp³-hybridized carbons (Fsp3) is 0.292. The molecule has 31 heavy (non-hydrogen) atoms. The van der Waals surface area contributed by atoms with E-state index in [0.29, 0.717) is 18.0 Å². The lowest BCUT2D eigenvalue weighted by Gasteiger charge is -2.34. The molecular weight excluding hydrogens is 412 g/mol. The molecule has 6 nitrogen and oxygen atoms in total. The van der Waals surface area contributed by atoms with Crippen LogP contribution in [0, 0.1) is 0 Å². The third kappa shape index (κ3) is 6.30. The summed E-state index contributed by atoms with van der Waals surface area (Å²) in [6, 6.07) is 21.2. The summed E-state index contributed by atoms with van der Waals surface area (Å²) in [7, 11) is 0. The van der Waals surface area contributed by atoms with E-state index in [1.54, 1.807) is 23.5 Å². The number of amides is 1. The molecule has 1 saturated heterocycles. The molecule has 1 unspecified atom stereocenters. The number of carbonyl (C=O) groups excluding carboxylic acids is 1. The second-order valence-electron chi connectivity index (χ2n) is 7.16. The van der Waals surface area contributed by atoms with Crippen LogP contribution in [0.3, 0.4) is 0 Å². The first kappa shape index (κ1) is 21.4. The van der Waals surface area contributed by atoms with E-state index in [2.05, 4.69) is 21.7 Å². The van der Waals surface area contributed by atoms with Gasteiger partial charge in [0.25, 0.3) is 5.91 Å². The number of ether oxygens (including phenoxy) is 3. The Morgan fingerprint density at radius 2 is 1.68 bits per heavy atom. The predicted molar refractivity (Wildman–Crippen MR) is 121 cm³/mol. The molecule has 1 N–H and O–H groups in total. The first-order valence-corrected chi connectivity index (χ1v) is 11.2. The maximum absolute atomic E-state index is 12.4. The normalized spacial score (nSPS) is 15.2. The minimum Gasteiger partial charge on any atom is -0.484 e. The van der Waals surface area contributed by atoms with Gasteiger partial charge < -0.3 is 19.5 Å². The molecule has 1 aromatic heterocycles. The van der Waals surface area contributed by atoms with Crippen molar-refractivity contribution in [1.82, 2.24) is 10.2 Å². The maximum atomic E-state index is 12.4. The van der Waals surface area contributed by atoms with Crippen LogP contribution in [0.25, 0.3) is 0 Å². The van der Waals surface area contributed by atoms with Crippen molar-refractivity contribution in [1.29, 1.82) is 0 Å². The third-order valence-corrected chi connectivity index (χ3v) is 6.00. The van der Waals surface area contributed by atoms with E-state index < -0.39 is 0 Å². The molecule has 162 valence electrons. The number of para-hydroxylation sites is 1. The zero-order valence-corrected chi connectivity index (χ0v) is 18.1. The zero-order valence-electron chi connectivity index (χ0n) is 17.2. The van der Waals surface area contributed by atoms with Crippen molar-refractivity contribution in [3.05, 3.63) is 77.0 Å². The summed E-state index contributed by atoms with van der Waals surface area (Å²) in [6.45, 7) is 3.70. The fourth-order valence-corrected chi connectivity index (χ4v) is 4.28. The molecule has 2 heterocycles. The lowest BCUT2D eigenvalue weighted by atomic mass is 10.2. The van der Waals surface area contributed by atoms with Gasteiger partial charge in [-0.05, 0) is 47.8 Å². The summed E-state index contributed by atoms with van der Waals surface area (Å²) in [6.07, 6.45) is 0. The Labute approximate surface area is 186 Å². The zero-order chi connectivity index (χ0) is 21.3. The van der Waals surface area contributed by atoms with Crippen LogP contribution in [0.4, 0.5) is 0 Å². The lowest BCUT2D eigenvalue weighted by Crippen LogP contribution is -2.44. The van der Waals surface area contributed by atoms with Crippen molar-refractivity contribution in [3.8, 4) is 17.2 Å². The number of hydrogen-bond acceptors (Lipinski definition) is 6. The highest BCUT2D eigenvalue weighted by atomic mass is 32.1. The second kappa shape index (κ2) is 10.9. The van der Waals surface area contributed by atoms with Gasteiger partial charge in [0, 0.05) is 24.5 Å². The number of hydrogen-bond donors (Lipinski definition) is 1. The topological polar surface area (TPSA) is 60.0 Å². The van der Waals surface area contributed by atoms with E-state index in [1.165, 1.54) is 4.88 Å². The smallest absolute Gasteiger partial charge is 0.258 e. The maximum Gasteiger partial charge on any atom is 0.258 e. The van der Waals surface area contributed by atoms with Crippen molar-refractivity contribution >= 4 is 17.2 Å². The summed E-state index contributed by atoms with van der Waals surface area (Å²) < 4.78 is 16.9. The van der Waals surface area contributed by atoms with Gasteiger partial charge in [-0.15, -0.1) is 11.3 Å². The molecule has 2 aromatic carbocycles. The van der Waals surface area contributed by atoms with E-state index in [-0.39, 0.29) is 18.6 Å². The van der Waals surface area contributed by atoms with Crippen LogP contribution in [-0.2, 0) is 9.53 Å². The molecule has 1 amide bonds. The number of benzene rings is 2. The van der Waals surface area contributed by atoms with Crippen molar-refractivity contribution in [3.63, 3.8) is 0 Å². The van der Waals surface area contributed by atoms with E-state index in [0.717, 1.165) is 32.1 Å². The van der Waals surface area contributed by atoms with Gasteiger partial charge in [0.1, 0.15) is 17.2 Å². The summed E-state index contributed by atoms with van der Waals surface area (Å²) in [5.41, 5.74) is 0. The third-order valence-electron chi connectivity index (χ3n) is 5.02. The Morgan fingerprint density at radius 3 is 2.39 bits per heavy atom. The molecule has 1 aliphatic rings. The summed E-state index contributed by atoms with van der Waals surface area (Å²) in [5.74, 6) is 1.97. The Bertz CT molecular complexity index is 926. The fourth-order valence-electron chi connectivity index (χ4n) is 3.42. The molecule has 0 radical (unpaired) electrons. The highest BCUT2D eigenvalue weighted by molar-refractivity contribution is 7.10. The van der Waals surface area contributed by atoms with Crippen LogP contribution in [-0.4, -0.2) is 50.3 Å². The highest BCUT2D eigenvalue weighted by Crippen LogP contribution is 2.26. The molecule has 4 rings (SSSR count). The van der Waals surface area contributed by atoms with Gasteiger partial charge >= 0.3 is 0 Å². The van der Waals surface area contributed by atoms with Gasteiger partial charge in [-0.25, -0.2) is 0 Å². The van der Waals surface area contributed by atoms with Crippen LogP contribution in [0.2, 0.25) is 0 Å². The van der Waals surface area contributed by atoms with E-state index >= 15 is 0 Å². The van der Waals surface area contributed by atoms with Crippen molar-refractivity contribution in [2.24, 2.45) is 0 Å². The average molecular weight is 439 g/mol. The minimum absolute atomic E-state index is 0.0286. The quantitative estimate of drug-likeness (QED) is 0.545. The van der Waals surface area contributed by atoms with Crippen molar-refractivity contribution in [2.45, 2.75) is 6.04 Å². The predicted octanol–water partition coefficient (Wildman–Crippen LogP) is 4.11. The summed E-state index contributed by atoms with van der Waals surface area (Å²) >= 11 is 1.71. The van der Waals surface area contributed by atoms with Crippen molar-refractivity contribution in [2.75, 3.05) is 39.5 Å². The SMILES string of the molecule is O=C(COc1ccc(Oc2ccccc2)cc1)NCC(c1cccs1)N1CCOCC1. The first-order chi connectivity index (χ1) is 15.3. The number of rotatable bonds is 9. The lowest BCUT2D eigenvalue weighted by molar-refractivity contribution is -0.123. The Kier molecular flexibility index (Phi) is 7.55. The van der Waals surface area contributed by atoms with Crippen LogP contribution >= 0.6 is 11.3 Å². The molecule has 7 heteroatoms. The van der Waals surface area contributed by atoms with Crippen LogP contribution < -0.4 is 14.8 Å². The van der Waals surface area contributed by atoms with Crippen LogP contribution in [0.15, 0.2) is 72.1 Å². The minimum atomic E-state index is -0.139. The number of thiophene rings is 1. The first-order valence-electron chi connectivity index (χ1n) is 10.4. The van der Waals surface area contributed by atoms with Gasteiger partial charge in [-0.1, -0.05) is 24.3 Å². The van der Waals surface area contributed by atoms with E-state index in [1.807, 2.05) is 48.5 Å². The van der Waals surface area contributed by atoms with Gasteiger partial charge in [-0.2, -0.15) is 0 Å².